The van der Waals surface area contributed by atoms with Crippen molar-refractivity contribution >= 4 is 24.2 Å². The van der Waals surface area contributed by atoms with Crippen LogP contribution in [0.4, 0.5) is 5.69 Å². The molecule has 1 saturated heterocycles. The minimum atomic E-state index is 0.235. The number of rotatable bonds is 3. The van der Waals surface area contributed by atoms with E-state index in [1.54, 1.807) is 0 Å². The number of nitrogens with two attached hydrogens (primary N) is 1. The Balaban J connectivity index is 2.06. The van der Waals surface area contributed by atoms with Crippen molar-refractivity contribution in [2.75, 3.05) is 18.0 Å². The molecule has 1 aromatic carbocycles. The molecule has 2 N–H and O–H groups in total. The maximum absolute atomic E-state index is 11.8. The van der Waals surface area contributed by atoms with Gasteiger partial charge in [0.1, 0.15) is 0 Å². The van der Waals surface area contributed by atoms with Gasteiger partial charge in [0, 0.05) is 25.2 Å². The van der Waals surface area contributed by atoms with Crippen LogP contribution in [0, 0.1) is 12.8 Å². The van der Waals surface area contributed by atoms with Crippen LogP contribution in [-0.2, 0) is 11.3 Å². The van der Waals surface area contributed by atoms with Crippen molar-refractivity contribution < 1.29 is 4.79 Å². The Bertz CT molecular complexity index is 433. The molecule has 3 nitrogen and oxygen atoms in total. The lowest BCUT2D eigenvalue weighted by molar-refractivity contribution is -0.128. The van der Waals surface area contributed by atoms with Gasteiger partial charge >= 0.3 is 0 Å². The Labute approximate surface area is 107 Å². The van der Waals surface area contributed by atoms with E-state index >= 15 is 0 Å². The molecule has 1 atom stereocenters. The molecule has 1 amide bonds. The highest BCUT2D eigenvalue weighted by Gasteiger charge is 2.28. The van der Waals surface area contributed by atoms with E-state index in [1.807, 2.05) is 24.0 Å². The molecule has 0 spiro atoms. The van der Waals surface area contributed by atoms with E-state index in [0.717, 1.165) is 29.1 Å². The summed E-state index contributed by atoms with van der Waals surface area (Å²) in [7, 11) is 0. The topological polar surface area (TPSA) is 46.3 Å². The summed E-state index contributed by atoms with van der Waals surface area (Å²) < 4.78 is 0. The molecular formula is C13H18N2OS. The monoisotopic (exact) mass is 250 g/mol. The standard InChI is InChI=1S/C13H18N2OS/c1-9-4-10(2-3-12(9)14)6-15-7-11(8-17)5-13(15)16/h2-4,11,17H,5-8,14H2,1H3. The maximum atomic E-state index is 11.8. The van der Waals surface area contributed by atoms with Crippen LogP contribution in [0.15, 0.2) is 18.2 Å². The first-order valence-corrected chi connectivity index (χ1v) is 6.47. The van der Waals surface area contributed by atoms with Crippen LogP contribution in [0.5, 0.6) is 0 Å². The number of amides is 1. The highest BCUT2D eigenvalue weighted by molar-refractivity contribution is 7.80. The van der Waals surface area contributed by atoms with E-state index in [-0.39, 0.29) is 5.91 Å². The lowest BCUT2D eigenvalue weighted by atomic mass is 10.1. The quantitative estimate of drug-likeness (QED) is 0.635. The Hall–Kier alpha value is -1.16. The van der Waals surface area contributed by atoms with Crippen LogP contribution in [-0.4, -0.2) is 23.1 Å². The van der Waals surface area contributed by atoms with Crippen LogP contribution in [0.1, 0.15) is 17.5 Å². The molecule has 1 aliphatic rings. The second kappa shape index (κ2) is 5.00. The summed E-state index contributed by atoms with van der Waals surface area (Å²) in [5.41, 5.74) is 8.79. The van der Waals surface area contributed by atoms with Crippen LogP contribution in [0.3, 0.4) is 0 Å². The van der Waals surface area contributed by atoms with Crippen LogP contribution < -0.4 is 5.73 Å². The number of likely N-dealkylation sites (tertiary alicyclic amines) is 1. The van der Waals surface area contributed by atoms with Crippen molar-refractivity contribution in [3.05, 3.63) is 29.3 Å². The van der Waals surface area contributed by atoms with Gasteiger partial charge in [0.15, 0.2) is 0 Å². The number of carbonyl (C=O) groups is 1. The van der Waals surface area contributed by atoms with Crippen molar-refractivity contribution in [1.82, 2.24) is 4.90 Å². The lowest BCUT2D eigenvalue weighted by Gasteiger charge is -2.17. The fourth-order valence-electron chi connectivity index (χ4n) is 2.19. The molecule has 0 aliphatic carbocycles. The van der Waals surface area contributed by atoms with Gasteiger partial charge in [-0.3, -0.25) is 4.79 Å². The minimum Gasteiger partial charge on any atom is -0.399 e. The average Bonchev–Trinajstić information content (AvgIpc) is 2.65. The molecule has 1 heterocycles. The summed E-state index contributed by atoms with van der Waals surface area (Å²) in [5.74, 6) is 1.42. The second-order valence-corrected chi connectivity index (χ2v) is 5.08. The molecule has 4 heteroatoms. The largest absolute Gasteiger partial charge is 0.399 e. The molecule has 0 bridgehead atoms. The average molecular weight is 250 g/mol. The van der Waals surface area contributed by atoms with Crippen molar-refractivity contribution in [3.63, 3.8) is 0 Å². The van der Waals surface area contributed by atoms with Gasteiger partial charge in [-0.2, -0.15) is 12.6 Å². The highest BCUT2D eigenvalue weighted by atomic mass is 32.1. The normalized spacial score (nSPS) is 20.0. The first-order valence-electron chi connectivity index (χ1n) is 5.83. The molecule has 2 rings (SSSR count). The van der Waals surface area contributed by atoms with E-state index in [0.29, 0.717) is 18.9 Å². The summed E-state index contributed by atoms with van der Waals surface area (Å²) in [6.45, 7) is 3.50. The number of hydrogen-bond acceptors (Lipinski definition) is 3. The van der Waals surface area contributed by atoms with Gasteiger partial charge in [-0.25, -0.2) is 0 Å². The smallest absolute Gasteiger partial charge is 0.223 e. The van der Waals surface area contributed by atoms with Gasteiger partial charge in [0.05, 0.1) is 0 Å². The number of nitrogens with zero attached hydrogens (tertiary/aromatic N) is 1. The number of carbonyl (C=O) groups excluding carboxylic acids is 1. The fourth-order valence-corrected chi connectivity index (χ4v) is 2.43. The highest BCUT2D eigenvalue weighted by Crippen LogP contribution is 2.22. The number of thiol groups is 1. The van der Waals surface area contributed by atoms with Gasteiger partial charge in [-0.1, -0.05) is 12.1 Å². The Kier molecular flexibility index (Phi) is 3.62. The zero-order valence-corrected chi connectivity index (χ0v) is 10.9. The lowest BCUT2D eigenvalue weighted by Crippen LogP contribution is -2.24. The third-order valence-corrected chi connectivity index (χ3v) is 3.78. The third kappa shape index (κ3) is 2.75. The summed E-state index contributed by atoms with van der Waals surface area (Å²) >= 11 is 4.26. The molecule has 0 radical (unpaired) electrons. The predicted molar refractivity (Wildman–Crippen MR) is 73.0 cm³/mol. The first-order chi connectivity index (χ1) is 8.10. The van der Waals surface area contributed by atoms with Crippen molar-refractivity contribution in [1.29, 1.82) is 0 Å². The van der Waals surface area contributed by atoms with Crippen molar-refractivity contribution in [2.45, 2.75) is 19.9 Å². The number of anilines is 1. The van der Waals surface area contributed by atoms with E-state index in [9.17, 15) is 4.79 Å². The van der Waals surface area contributed by atoms with Crippen LogP contribution in [0.2, 0.25) is 0 Å². The summed E-state index contributed by atoms with van der Waals surface area (Å²) in [5, 5.41) is 0. The van der Waals surface area contributed by atoms with E-state index in [4.69, 9.17) is 5.73 Å². The van der Waals surface area contributed by atoms with Crippen LogP contribution in [0.25, 0.3) is 0 Å². The molecule has 17 heavy (non-hydrogen) atoms. The summed E-state index contributed by atoms with van der Waals surface area (Å²) in [6, 6.07) is 5.95. The maximum Gasteiger partial charge on any atom is 0.223 e. The number of nitrogen functional groups attached to an aromatic ring is 1. The Morgan fingerprint density at radius 2 is 2.29 bits per heavy atom. The third-order valence-electron chi connectivity index (χ3n) is 3.26. The van der Waals surface area contributed by atoms with Crippen LogP contribution >= 0.6 is 12.6 Å². The summed E-state index contributed by atoms with van der Waals surface area (Å²) in [6.07, 6.45) is 0.636. The predicted octanol–water partition coefficient (Wildman–Crippen LogP) is 1.86. The fraction of sp³-hybridized carbons (Fsp3) is 0.462. The van der Waals surface area contributed by atoms with Gasteiger partial charge in [-0.15, -0.1) is 0 Å². The molecular weight excluding hydrogens is 232 g/mol. The number of aryl methyl sites for hydroxylation is 1. The van der Waals surface area contributed by atoms with E-state index in [1.165, 1.54) is 0 Å². The van der Waals surface area contributed by atoms with Gasteiger partial charge in [0.2, 0.25) is 5.91 Å². The molecule has 1 unspecified atom stereocenters. The number of hydrogen-bond donors (Lipinski definition) is 2. The van der Waals surface area contributed by atoms with Crippen molar-refractivity contribution in [3.8, 4) is 0 Å². The van der Waals surface area contributed by atoms with E-state index in [2.05, 4.69) is 18.7 Å². The van der Waals surface area contributed by atoms with Gasteiger partial charge in [-0.05, 0) is 35.8 Å². The van der Waals surface area contributed by atoms with E-state index < -0.39 is 0 Å². The second-order valence-electron chi connectivity index (χ2n) is 4.72. The molecule has 1 fully saturated rings. The minimum absolute atomic E-state index is 0.235. The zero-order chi connectivity index (χ0) is 12.4. The zero-order valence-electron chi connectivity index (χ0n) is 10.0. The molecule has 0 aromatic heterocycles. The SMILES string of the molecule is Cc1cc(CN2CC(CS)CC2=O)ccc1N. The van der Waals surface area contributed by atoms with Crippen molar-refractivity contribution in [2.24, 2.45) is 5.92 Å². The molecule has 1 aliphatic heterocycles. The Morgan fingerprint density at radius 1 is 1.53 bits per heavy atom. The molecule has 92 valence electrons. The molecule has 1 aromatic rings. The molecule has 0 saturated carbocycles. The van der Waals surface area contributed by atoms with Gasteiger partial charge in [0.25, 0.3) is 0 Å². The summed E-state index contributed by atoms with van der Waals surface area (Å²) in [4.78, 5) is 13.7. The Morgan fingerprint density at radius 3 is 2.88 bits per heavy atom. The van der Waals surface area contributed by atoms with Gasteiger partial charge < -0.3 is 10.6 Å². The first kappa shape index (κ1) is 12.3. The number of benzene rings is 1.